The van der Waals surface area contributed by atoms with Gasteiger partial charge in [0.1, 0.15) is 10.7 Å². The van der Waals surface area contributed by atoms with Crippen LogP contribution in [0.3, 0.4) is 0 Å². The van der Waals surface area contributed by atoms with Crippen LogP contribution < -0.4 is 10.6 Å². The summed E-state index contributed by atoms with van der Waals surface area (Å²) in [4.78, 5) is 21.0. The van der Waals surface area contributed by atoms with Crippen molar-refractivity contribution in [3.63, 3.8) is 0 Å². The highest BCUT2D eigenvalue weighted by Gasteiger charge is 2.31. The van der Waals surface area contributed by atoms with E-state index in [0.717, 1.165) is 30.9 Å². The summed E-state index contributed by atoms with van der Waals surface area (Å²) >= 11 is 1.32. The minimum Gasteiger partial charge on any atom is -0.395 e. The number of aliphatic hydroxyl groups excluding tert-OH is 1. The number of carbonyl (C=O) groups excluding carboxylic acids is 1. The smallest absolute Gasteiger partial charge is 0.268 e. The summed E-state index contributed by atoms with van der Waals surface area (Å²) < 4.78 is 0. The van der Waals surface area contributed by atoms with Gasteiger partial charge >= 0.3 is 0 Å². The van der Waals surface area contributed by atoms with Crippen molar-refractivity contribution >= 4 is 28.2 Å². The highest BCUT2D eigenvalue weighted by atomic mass is 32.1. The van der Waals surface area contributed by atoms with Crippen LogP contribution in [0.1, 0.15) is 35.9 Å². The van der Waals surface area contributed by atoms with E-state index in [1.165, 1.54) is 11.3 Å². The van der Waals surface area contributed by atoms with E-state index in [1.54, 1.807) is 4.90 Å². The summed E-state index contributed by atoms with van der Waals surface area (Å²) in [6.07, 6.45) is 3.15. The average Bonchev–Trinajstić information content (AvgIpc) is 2.76. The monoisotopic (exact) mass is 298 g/mol. The predicted octanol–water partition coefficient (Wildman–Crippen LogP) is 1.17. The molecule has 1 amide bonds. The van der Waals surface area contributed by atoms with Crippen molar-refractivity contribution in [3.05, 3.63) is 4.88 Å². The second-order valence-electron chi connectivity index (χ2n) is 5.03. The normalized spacial score (nSPS) is 14.9. The first kappa shape index (κ1) is 15.1. The van der Waals surface area contributed by atoms with Crippen molar-refractivity contribution in [3.8, 4) is 0 Å². The maximum atomic E-state index is 12.6. The van der Waals surface area contributed by atoms with Crippen LogP contribution in [0.15, 0.2) is 0 Å². The van der Waals surface area contributed by atoms with Gasteiger partial charge in [-0.05, 0) is 26.2 Å². The molecule has 0 saturated heterocycles. The third-order valence-electron chi connectivity index (χ3n) is 3.75. The molecule has 0 aliphatic heterocycles. The van der Waals surface area contributed by atoms with Gasteiger partial charge in [-0.25, -0.2) is 4.98 Å². The highest BCUT2D eigenvalue weighted by molar-refractivity contribution is 7.18. The minimum atomic E-state index is -0.102. The van der Waals surface area contributed by atoms with E-state index >= 15 is 0 Å². The van der Waals surface area contributed by atoms with E-state index in [-0.39, 0.29) is 24.4 Å². The number of nitrogens with two attached hydrogens (primary N) is 1. The van der Waals surface area contributed by atoms with Crippen LogP contribution in [0.25, 0.3) is 0 Å². The topological polar surface area (TPSA) is 82.7 Å². The quantitative estimate of drug-likeness (QED) is 0.824. The van der Waals surface area contributed by atoms with Gasteiger partial charge in [-0.2, -0.15) is 0 Å². The van der Waals surface area contributed by atoms with E-state index < -0.39 is 0 Å². The summed E-state index contributed by atoms with van der Waals surface area (Å²) in [5, 5.41) is 9.91. The van der Waals surface area contributed by atoms with Crippen LogP contribution in [0.5, 0.6) is 0 Å². The largest absolute Gasteiger partial charge is 0.395 e. The molecule has 0 bridgehead atoms. The number of nitrogens with zero attached hydrogens (tertiary/aromatic N) is 3. The molecular weight excluding hydrogens is 276 g/mol. The molecule has 1 aromatic heterocycles. The maximum absolute atomic E-state index is 12.6. The Morgan fingerprint density at radius 2 is 2.25 bits per heavy atom. The van der Waals surface area contributed by atoms with Crippen molar-refractivity contribution in [1.29, 1.82) is 0 Å². The number of rotatable bonds is 6. The SMILES string of the molecule is CCN(C)c1nc(N)c(C(=O)N(CCO)C2CCC2)s1. The van der Waals surface area contributed by atoms with Gasteiger partial charge in [0.2, 0.25) is 0 Å². The Hall–Kier alpha value is -1.34. The van der Waals surface area contributed by atoms with Gasteiger partial charge in [0.05, 0.1) is 6.61 Å². The molecule has 0 atom stereocenters. The number of aromatic nitrogens is 1. The third-order valence-corrected chi connectivity index (χ3v) is 4.93. The Morgan fingerprint density at radius 1 is 1.55 bits per heavy atom. The Morgan fingerprint density at radius 3 is 2.75 bits per heavy atom. The minimum absolute atomic E-state index is 0.0251. The zero-order valence-corrected chi connectivity index (χ0v) is 12.8. The predicted molar refractivity (Wildman–Crippen MR) is 81.2 cm³/mol. The molecule has 3 N–H and O–H groups in total. The number of nitrogen functional groups attached to an aromatic ring is 1. The molecule has 6 nitrogen and oxygen atoms in total. The van der Waals surface area contributed by atoms with E-state index in [1.807, 2.05) is 18.9 Å². The zero-order chi connectivity index (χ0) is 14.7. The van der Waals surface area contributed by atoms with Crippen LogP contribution in [0, 0.1) is 0 Å². The van der Waals surface area contributed by atoms with Crippen molar-refractivity contribution in [2.45, 2.75) is 32.2 Å². The molecule has 1 aliphatic rings. The zero-order valence-electron chi connectivity index (χ0n) is 12.0. The van der Waals surface area contributed by atoms with Crippen LogP contribution in [0.4, 0.5) is 10.9 Å². The molecule has 112 valence electrons. The number of hydrogen-bond acceptors (Lipinski definition) is 6. The van der Waals surface area contributed by atoms with Gasteiger partial charge in [-0.1, -0.05) is 11.3 Å². The van der Waals surface area contributed by atoms with Gasteiger partial charge in [-0.15, -0.1) is 0 Å². The molecular formula is C13H22N4O2S. The number of amides is 1. The molecule has 0 radical (unpaired) electrons. The molecule has 20 heavy (non-hydrogen) atoms. The third kappa shape index (κ3) is 2.88. The first-order valence-electron chi connectivity index (χ1n) is 6.97. The molecule has 7 heteroatoms. The summed E-state index contributed by atoms with van der Waals surface area (Å²) in [7, 11) is 1.92. The standard InChI is InChI=1S/C13H22N4O2S/c1-3-16(2)13-15-11(14)10(20-13)12(19)17(7-8-18)9-5-4-6-9/h9,18H,3-8,14H2,1-2H3. The molecule has 0 aromatic carbocycles. The summed E-state index contributed by atoms with van der Waals surface area (Å²) in [6.45, 7) is 3.16. The van der Waals surface area contributed by atoms with Crippen LogP contribution in [-0.2, 0) is 0 Å². The molecule has 1 aromatic rings. The lowest BCUT2D eigenvalue weighted by Crippen LogP contribution is -2.45. The van der Waals surface area contributed by atoms with Gasteiger partial charge < -0.3 is 20.6 Å². The van der Waals surface area contributed by atoms with Crippen LogP contribution in [0.2, 0.25) is 0 Å². The van der Waals surface area contributed by atoms with Gasteiger partial charge in [0.25, 0.3) is 5.91 Å². The van der Waals surface area contributed by atoms with Gasteiger partial charge in [0.15, 0.2) is 5.13 Å². The Kier molecular flexibility index (Phi) is 4.82. The Balaban J connectivity index is 2.19. The lowest BCUT2D eigenvalue weighted by Gasteiger charge is -2.37. The number of hydrogen-bond donors (Lipinski definition) is 2. The van der Waals surface area contributed by atoms with Crippen LogP contribution >= 0.6 is 11.3 Å². The number of aliphatic hydroxyl groups is 1. The van der Waals surface area contributed by atoms with E-state index in [0.29, 0.717) is 11.4 Å². The Labute approximate surface area is 123 Å². The summed E-state index contributed by atoms with van der Waals surface area (Å²) in [6, 6.07) is 0.239. The van der Waals surface area contributed by atoms with E-state index in [2.05, 4.69) is 4.98 Å². The lowest BCUT2D eigenvalue weighted by molar-refractivity contribution is 0.0531. The molecule has 2 rings (SSSR count). The van der Waals surface area contributed by atoms with Crippen molar-refractivity contribution in [2.24, 2.45) is 0 Å². The fraction of sp³-hybridized carbons (Fsp3) is 0.692. The molecule has 0 spiro atoms. The van der Waals surface area contributed by atoms with Crippen LogP contribution in [-0.4, -0.2) is 53.7 Å². The average molecular weight is 298 g/mol. The first-order chi connectivity index (χ1) is 9.58. The van der Waals surface area contributed by atoms with Gasteiger partial charge in [-0.3, -0.25) is 4.79 Å². The molecule has 1 fully saturated rings. The Bertz CT molecular complexity index is 473. The summed E-state index contributed by atoms with van der Waals surface area (Å²) in [5.41, 5.74) is 5.89. The molecule has 0 unspecified atom stereocenters. The van der Waals surface area contributed by atoms with Crippen molar-refractivity contribution in [2.75, 3.05) is 37.4 Å². The second-order valence-corrected chi connectivity index (χ2v) is 6.01. The number of carbonyl (C=O) groups is 1. The highest BCUT2D eigenvalue weighted by Crippen LogP contribution is 2.32. The van der Waals surface area contributed by atoms with E-state index in [9.17, 15) is 4.79 Å². The fourth-order valence-corrected chi connectivity index (χ4v) is 3.12. The number of thiazole rings is 1. The van der Waals surface area contributed by atoms with Gasteiger partial charge in [0, 0.05) is 26.2 Å². The fourth-order valence-electron chi connectivity index (χ4n) is 2.16. The van der Waals surface area contributed by atoms with Crippen molar-refractivity contribution in [1.82, 2.24) is 9.88 Å². The molecule has 1 heterocycles. The maximum Gasteiger partial charge on any atom is 0.268 e. The molecule has 1 aliphatic carbocycles. The van der Waals surface area contributed by atoms with Crippen molar-refractivity contribution < 1.29 is 9.90 Å². The number of anilines is 2. The summed E-state index contributed by atoms with van der Waals surface area (Å²) in [5.74, 6) is 0.187. The second kappa shape index (κ2) is 6.41. The first-order valence-corrected chi connectivity index (χ1v) is 7.79. The van der Waals surface area contributed by atoms with E-state index in [4.69, 9.17) is 10.8 Å². The lowest BCUT2D eigenvalue weighted by atomic mass is 9.91. The molecule has 1 saturated carbocycles.